The van der Waals surface area contributed by atoms with Crippen molar-refractivity contribution < 1.29 is 0 Å². The Morgan fingerprint density at radius 3 is 2.71 bits per heavy atom. The molecule has 1 N–H and O–H groups in total. The van der Waals surface area contributed by atoms with Gasteiger partial charge in [-0.3, -0.25) is 0 Å². The van der Waals surface area contributed by atoms with E-state index in [0.29, 0.717) is 5.69 Å². The van der Waals surface area contributed by atoms with Gasteiger partial charge in [0, 0.05) is 12.1 Å². The molecule has 0 saturated heterocycles. The van der Waals surface area contributed by atoms with E-state index in [1.54, 1.807) is 6.07 Å². The molecule has 17 heavy (non-hydrogen) atoms. The summed E-state index contributed by atoms with van der Waals surface area (Å²) in [4.78, 5) is 4.29. The average Bonchev–Trinajstić information content (AvgIpc) is 2.29. The quantitative estimate of drug-likeness (QED) is 0.867. The molecule has 1 rings (SSSR count). The van der Waals surface area contributed by atoms with Crippen molar-refractivity contribution in [2.75, 3.05) is 6.54 Å². The minimum absolute atomic E-state index is 0.0705. The molecule has 0 radical (unpaired) electrons. The van der Waals surface area contributed by atoms with Crippen LogP contribution in [-0.2, 0) is 0 Å². The van der Waals surface area contributed by atoms with Gasteiger partial charge in [0.1, 0.15) is 11.8 Å². The van der Waals surface area contributed by atoms with Crippen molar-refractivity contribution in [3.63, 3.8) is 0 Å². The lowest BCUT2D eigenvalue weighted by atomic mass is 10.1. The second-order valence-corrected chi connectivity index (χ2v) is 4.94. The largest absolute Gasteiger partial charge is 0.308 e. The van der Waals surface area contributed by atoms with Gasteiger partial charge in [0.2, 0.25) is 0 Å². The number of hydrogen-bond acceptors (Lipinski definition) is 3. The molecule has 1 aromatic rings. The number of rotatable bonds is 3. The Hall–Kier alpha value is -1.66. The molecule has 0 unspecified atom stereocenters. The Bertz CT molecular complexity index is 447. The van der Waals surface area contributed by atoms with Crippen LogP contribution in [0.5, 0.6) is 0 Å². The van der Waals surface area contributed by atoms with E-state index >= 15 is 0 Å². The molecular formula is C14H19N3. The maximum absolute atomic E-state index is 8.83. The molecule has 90 valence electrons. The van der Waals surface area contributed by atoms with Crippen molar-refractivity contribution >= 4 is 5.57 Å². The minimum atomic E-state index is 0.0705. The van der Waals surface area contributed by atoms with Crippen LogP contribution >= 0.6 is 0 Å². The van der Waals surface area contributed by atoms with Gasteiger partial charge in [-0.15, -0.1) is 0 Å². The predicted octanol–water partition coefficient (Wildman–Crippen LogP) is 2.74. The highest BCUT2D eigenvalue weighted by atomic mass is 14.9. The van der Waals surface area contributed by atoms with E-state index in [4.69, 9.17) is 5.26 Å². The monoisotopic (exact) mass is 229 g/mol. The number of nitriles is 1. The van der Waals surface area contributed by atoms with Crippen molar-refractivity contribution in [3.05, 3.63) is 35.7 Å². The van der Waals surface area contributed by atoms with Gasteiger partial charge in [-0.2, -0.15) is 5.26 Å². The highest BCUT2D eigenvalue weighted by Crippen LogP contribution is 2.12. The zero-order chi connectivity index (χ0) is 12.9. The molecule has 0 aliphatic carbocycles. The lowest BCUT2D eigenvalue weighted by molar-refractivity contribution is 0.452. The molecule has 0 aromatic carbocycles. The van der Waals surface area contributed by atoms with E-state index in [-0.39, 0.29) is 5.54 Å². The van der Waals surface area contributed by atoms with Crippen LogP contribution in [0.1, 0.15) is 39.1 Å². The first-order chi connectivity index (χ1) is 7.96. The van der Waals surface area contributed by atoms with E-state index in [2.05, 4.69) is 37.1 Å². The Balaban J connectivity index is 2.85. The number of allylic oxidation sites excluding steroid dienone is 1. The maximum atomic E-state index is 8.83. The molecule has 0 aliphatic rings. The standard InChI is InChI=1S/C14H19N3/c1-5-11(10-16-14(2,3)4)13-8-6-7-12(9-15)17-13/h5-8,16H,10H2,1-4H3/b11-5-. The first-order valence-corrected chi connectivity index (χ1v) is 5.74. The van der Waals surface area contributed by atoms with Crippen LogP contribution in [0.4, 0.5) is 0 Å². The molecule has 0 aliphatic heterocycles. The van der Waals surface area contributed by atoms with E-state index in [1.165, 1.54) is 0 Å². The molecule has 1 heterocycles. The third kappa shape index (κ3) is 4.38. The third-order valence-electron chi connectivity index (χ3n) is 2.35. The van der Waals surface area contributed by atoms with Gasteiger partial charge in [-0.25, -0.2) is 4.98 Å². The Morgan fingerprint density at radius 2 is 2.18 bits per heavy atom. The molecule has 0 bridgehead atoms. The molecular weight excluding hydrogens is 210 g/mol. The van der Waals surface area contributed by atoms with Crippen LogP contribution in [0, 0.1) is 11.3 Å². The molecule has 0 spiro atoms. The summed E-state index contributed by atoms with van der Waals surface area (Å²) < 4.78 is 0. The van der Waals surface area contributed by atoms with Crippen LogP contribution in [0.2, 0.25) is 0 Å². The van der Waals surface area contributed by atoms with Gasteiger partial charge in [-0.05, 0) is 45.4 Å². The van der Waals surface area contributed by atoms with Gasteiger partial charge in [0.15, 0.2) is 0 Å². The lowest BCUT2D eigenvalue weighted by Crippen LogP contribution is -2.36. The third-order valence-corrected chi connectivity index (χ3v) is 2.35. The summed E-state index contributed by atoms with van der Waals surface area (Å²) >= 11 is 0. The molecule has 0 fully saturated rings. The first-order valence-electron chi connectivity index (χ1n) is 5.74. The average molecular weight is 229 g/mol. The second-order valence-electron chi connectivity index (χ2n) is 4.94. The Kier molecular flexibility index (Phi) is 4.42. The fourth-order valence-electron chi connectivity index (χ4n) is 1.38. The van der Waals surface area contributed by atoms with Crippen LogP contribution in [0.25, 0.3) is 5.57 Å². The minimum Gasteiger partial charge on any atom is -0.308 e. The van der Waals surface area contributed by atoms with Gasteiger partial charge < -0.3 is 5.32 Å². The highest BCUT2D eigenvalue weighted by Gasteiger charge is 2.11. The van der Waals surface area contributed by atoms with E-state index in [1.807, 2.05) is 25.1 Å². The normalized spacial score (nSPS) is 12.3. The van der Waals surface area contributed by atoms with Crippen LogP contribution < -0.4 is 5.32 Å². The molecule has 0 atom stereocenters. The summed E-state index contributed by atoms with van der Waals surface area (Å²) in [6, 6.07) is 7.57. The Morgan fingerprint density at radius 1 is 1.47 bits per heavy atom. The van der Waals surface area contributed by atoms with E-state index in [9.17, 15) is 0 Å². The van der Waals surface area contributed by atoms with Gasteiger partial charge in [0.25, 0.3) is 0 Å². The topological polar surface area (TPSA) is 48.7 Å². The summed E-state index contributed by atoms with van der Waals surface area (Å²) in [7, 11) is 0. The van der Waals surface area contributed by atoms with Crippen molar-refractivity contribution in [1.82, 2.24) is 10.3 Å². The van der Waals surface area contributed by atoms with Gasteiger partial charge in [0.05, 0.1) is 5.69 Å². The molecule has 3 heteroatoms. The fourth-order valence-corrected chi connectivity index (χ4v) is 1.38. The van der Waals surface area contributed by atoms with Crippen molar-refractivity contribution in [3.8, 4) is 6.07 Å². The van der Waals surface area contributed by atoms with Crippen molar-refractivity contribution in [2.24, 2.45) is 0 Å². The fraction of sp³-hybridized carbons (Fsp3) is 0.429. The number of hydrogen-bond donors (Lipinski definition) is 1. The summed E-state index contributed by atoms with van der Waals surface area (Å²) in [5, 5.41) is 12.2. The zero-order valence-electron chi connectivity index (χ0n) is 10.9. The second kappa shape index (κ2) is 5.60. The summed E-state index contributed by atoms with van der Waals surface area (Å²) in [5.41, 5.74) is 2.50. The highest BCUT2D eigenvalue weighted by molar-refractivity contribution is 5.64. The smallest absolute Gasteiger partial charge is 0.141 e. The summed E-state index contributed by atoms with van der Waals surface area (Å²) in [6.45, 7) is 9.11. The summed E-state index contributed by atoms with van der Waals surface area (Å²) in [6.07, 6.45) is 2.03. The molecule has 3 nitrogen and oxygen atoms in total. The lowest BCUT2D eigenvalue weighted by Gasteiger charge is -2.21. The number of nitrogens with one attached hydrogen (secondary N) is 1. The van der Waals surface area contributed by atoms with Crippen LogP contribution in [-0.4, -0.2) is 17.1 Å². The van der Waals surface area contributed by atoms with Crippen molar-refractivity contribution in [1.29, 1.82) is 5.26 Å². The summed E-state index contributed by atoms with van der Waals surface area (Å²) in [5.74, 6) is 0. The number of pyridine rings is 1. The number of nitrogens with zero attached hydrogens (tertiary/aromatic N) is 2. The maximum Gasteiger partial charge on any atom is 0.141 e. The zero-order valence-corrected chi connectivity index (χ0v) is 10.9. The SMILES string of the molecule is C/C=C(/CNC(C)(C)C)c1cccc(C#N)n1. The molecule has 1 aromatic heterocycles. The predicted molar refractivity (Wildman–Crippen MR) is 70.4 cm³/mol. The van der Waals surface area contributed by atoms with Gasteiger partial charge >= 0.3 is 0 Å². The van der Waals surface area contributed by atoms with E-state index in [0.717, 1.165) is 17.8 Å². The molecule has 0 amide bonds. The number of aromatic nitrogens is 1. The van der Waals surface area contributed by atoms with Gasteiger partial charge in [-0.1, -0.05) is 12.1 Å². The molecule has 0 saturated carbocycles. The van der Waals surface area contributed by atoms with Crippen LogP contribution in [0.3, 0.4) is 0 Å². The van der Waals surface area contributed by atoms with Crippen LogP contribution in [0.15, 0.2) is 24.3 Å². The van der Waals surface area contributed by atoms with E-state index < -0.39 is 0 Å². The first kappa shape index (κ1) is 13.4. The van der Waals surface area contributed by atoms with Crippen molar-refractivity contribution in [2.45, 2.75) is 33.2 Å². The Labute approximate surface area is 103 Å².